The van der Waals surface area contributed by atoms with E-state index in [9.17, 15) is 0 Å². The molecule has 0 N–H and O–H groups in total. The Kier molecular flexibility index (Phi) is 4.17. The molecule has 0 radical (unpaired) electrons. The summed E-state index contributed by atoms with van der Waals surface area (Å²) < 4.78 is 13.2. The third-order valence-corrected chi connectivity index (χ3v) is 3.89. The molecule has 108 valence electrons. The zero-order valence-electron chi connectivity index (χ0n) is 11.2. The van der Waals surface area contributed by atoms with Crippen LogP contribution in [0, 0.1) is 0 Å². The van der Waals surface area contributed by atoms with Crippen molar-refractivity contribution in [3.63, 3.8) is 0 Å². The zero-order chi connectivity index (χ0) is 14.1. The largest absolute Gasteiger partial charge is 0.376 e. The number of aromatic nitrogens is 2. The van der Waals surface area contributed by atoms with Gasteiger partial charge in [0.15, 0.2) is 0 Å². The van der Waals surface area contributed by atoms with E-state index in [4.69, 9.17) is 32.7 Å². The topological polar surface area (TPSA) is 36.3 Å². The van der Waals surface area contributed by atoms with Gasteiger partial charge < -0.3 is 14.0 Å². The first-order valence-electron chi connectivity index (χ1n) is 6.65. The summed E-state index contributed by atoms with van der Waals surface area (Å²) in [5, 5.41) is 0.448. The number of alkyl halides is 1. The highest BCUT2D eigenvalue weighted by Gasteiger charge is 2.21. The van der Waals surface area contributed by atoms with Crippen molar-refractivity contribution in [2.75, 3.05) is 19.8 Å². The van der Waals surface area contributed by atoms with Crippen LogP contribution in [0.1, 0.15) is 18.1 Å². The Morgan fingerprint density at radius 2 is 2.30 bits per heavy atom. The second kappa shape index (κ2) is 5.90. The molecule has 0 amide bonds. The summed E-state index contributed by atoms with van der Waals surface area (Å²) in [7, 11) is 0. The first kappa shape index (κ1) is 14.1. The van der Waals surface area contributed by atoms with Crippen molar-refractivity contribution in [1.82, 2.24) is 9.55 Å². The van der Waals surface area contributed by atoms with Crippen LogP contribution in [0.4, 0.5) is 0 Å². The van der Waals surface area contributed by atoms with E-state index in [1.807, 2.05) is 25.1 Å². The zero-order valence-corrected chi connectivity index (χ0v) is 12.7. The van der Waals surface area contributed by atoms with E-state index in [1.54, 1.807) is 0 Å². The van der Waals surface area contributed by atoms with Crippen LogP contribution in [0.2, 0.25) is 5.02 Å². The number of imidazole rings is 1. The number of hydrogen-bond acceptors (Lipinski definition) is 3. The van der Waals surface area contributed by atoms with Crippen LogP contribution in [-0.4, -0.2) is 35.5 Å². The Hall–Kier alpha value is -0.810. The van der Waals surface area contributed by atoms with Gasteiger partial charge in [0.2, 0.25) is 0 Å². The lowest BCUT2D eigenvalue weighted by atomic mass is 10.3. The van der Waals surface area contributed by atoms with Gasteiger partial charge in [0, 0.05) is 0 Å². The molecular formula is C14H16Cl2N2O2. The van der Waals surface area contributed by atoms with Gasteiger partial charge in [-0.15, -0.1) is 11.6 Å². The van der Waals surface area contributed by atoms with Crippen molar-refractivity contribution in [3.05, 3.63) is 29.0 Å². The summed E-state index contributed by atoms with van der Waals surface area (Å²) in [5.41, 5.74) is 1.77. The van der Waals surface area contributed by atoms with Gasteiger partial charge in [-0.25, -0.2) is 4.98 Å². The smallest absolute Gasteiger partial charge is 0.127 e. The highest BCUT2D eigenvalue weighted by atomic mass is 35.5. The van der Waals surface area contributed by atoms with Gasteiger partial charge in [0.05, 0.1) is 48.4 Å². The molecule has 0 aliphatic carbocycles. The Morgan fingerprint density at radius 1 is 1.45 bits per heavy atom. The van der Waals surface area contributed by atoms with Crippen LogP contribution in [0.3, 0.4) is 0 Å². The second-order valence-corrected chi connectivity index (χ2v) is 5.93. The van der Waals surface area contributed by atoms with Crippen molar-refractivity contribution in [2.45, 2.75) is 24.9 Å². The maximum atomic E-state index is 6.25. The first-order chi connectivity index (χ1) is 9.66. The molecule has 2 unspecified atom stereocenters. The van der Waals surface area contributed by atoms with Crippen molar-refractivity contribution >= 4 is 34.2 Å². The van der Waals surface area contributed by atoms with E-state index in [0.717, 1.165) is 16.9 Å². The lowest BCUT2D eigenvalue weighted by molar-refractivity contribution is -0.0934. The Balaban J connectivity index is 2.02. The van der Waals surface area contributed by atoms with E-state index in [2.05, 4.69) is 9.55 Å². The summed E-state index contributed by atoms with van der Waals surface area (Å²) in [6.07, 6.45) is 0.0225. The summed E-state index contributed by atoms with van der Waals surface area (Å²) in [5.74, 6) is 0.809. The van der Waals surface area contributed by atoms with Crippen LogP contribution in [0.15, 0.2) is 18.2 Å². The molecule has 1 aliphatic rings. The van der Waals surface area contributed by atoms with Crippen LogP contribution in [-0.2, 0) is 16.0 Å². The summed E-state index contributed by atoms with van der Waals surface area (Å²) in [4.78, 5) is 4.58. The summed E-state index contributed by atoms with van der Waals surface area (Å²) in [6.45, 7) is 4.46. The number of rotatable bonds is 3. The van der Waals surface area contributed by atoms with Gasteiger partial charge in [-0.05, 0) is 19.1 Å². The van der Waals surface area contributed by atoms with Crippen LogP contribution >= 0.6 is 23.2 Å². The average Bonchev–Trinajstić information content (AvgIpc) is 2.81. The summed E-state index contributed by atoms with van der Waals surface area (Å²) in [6, 6.07) is 5.76. The molecule has 2 atom stereocenters. The minimum absolute atomic E-state index is 0.0225. The van der Waals surface area contributed by atoms with Gasteiger partial charge in [0.25, 0.3) is 0 Å². The maximum Gasteiger partial charge on any atom is 0.127 e. The lowest BCUT2D eigenvalue weighted by Gasteiger charge is -2.24. The SMILES string of the molecule is CC(Cl)c1nc2c(Cl)cccc2n1CC1COCCO1. The van der Waals surface area contributed by atoms with Gasteiger partial charge in [0.1, 0.15) is 11.3 Å². The molecule has 0 bridgehead atoms. The molecule has 1 saturated heterocycles. The highest BCUT2D eigenvalue weighted by Crippen LogP contribution is 2.29. The summed E-state index contributed by atoms with van der Waals surface area (Å²) >= 11 is 12.5. The van der Waals surface area contributed by atoms with Gasteiger partial charge in [-0.1, -0.05) is 17.7 Å². The fourth-order valence-electron chi connectivity index (χ4n) is 2.47. The van der Waals surface area contributed by atoms with Crippen molar-refractivity contribution < 1.29 is 9.47 Å². The Labute approximate surface area is 127 Å². The first-order valence-corrected chi connectivity index (χ1v) is 7.46. The van der Waals surface area contributed by atoms with E-state index in [1.165, 1.54) is 0 Å². The van der Waals surface area contributed by atoms with E-state index >= 15 is 0 Å². The minimum atomic E-state index is -0.192. The predicted octanol–water partition coefficient (Wildman–Crippen LogP) is 3.40. The second-order valence-electron chi connectivity index (χ2n) is 4.87. The third-order valence-electron chi connectivity index (χ3n) is 3.39. The van der Waals surface area contributed by atoms with E-state index < -0.39 is 0 Å². The monoisotopic (exact) mass is 314 g/mol. The molecule has 2 heterocycles. The number of benzene rings is 1. The van der Waals surface area contributed by atoms with E-state index in [0.29, 0.717) is 31.4 Å². The third kappa shape index (κ3) is 2.66. The van der Waals surface area contributed by atoms with Gasteiger partial charge >= 0.3 is 0 Å². The minimum Gasteiger partial charge on any atom is -0.376 e. The maximum absolute atomic E-state index is 6.25. The molecule has 0 spiro atoms. The fraction of sp³-hybridized carbons (Fsp3) is 0.500. The molecule has 4 nitrogen and oxygen atoms in total. The number of para-hydroxylation sites is 1. The molecule has 1 aromatic carbocycles. The van der Waals surface area contributed by atoms with Gasteiger partial charge in [-0.2, -0.15) is 0 Å². The molecule has 3 rings (SSSR count). The highest BCUT2D eigenvalue weighted by molar-refractivity contribution is 6.35. The number of nitrogens with zero attached hydrogens (tertiary/aromatic N) is 2. The van der Waals surface area contributed by atoms with Crippen molar-refractivity contribution in [3.8, 4) is 0 Å². The molecule has 1 fully saturated rings. The molecule has 20 heavy (non-hydrogen) atoms. The van der Waals surface area contributed by atoms with Crippen molar-refractivity contribution in [2.24, 2.45) is 0 Å². The van der Waals surface area contributed by atoms with Crippen LogP contribution < -0.4 is 0 Å². The van der Waals surface area contributed by atoms with Gasteiger partial charge in [-0.3, -0.25) is 0 Å². The number of fused-ring (bicyclic) bond motifs is 1. The van der Waals surface area contributed by atoms with Crippen molar-refractivity contribution in [1.29, 1.82) is 0 Å². The number of halogens is 2. The molecule has 1 aliphatic heterocycles. The average molecular weight is 315 g/mol. The molecule has 0 saturated carbocycles. The van der Waals surface area contributed by atoms with E-state index in [-0.39, 0.29) is 11.5 Å². The molecule has 2 aromatic rings. The number of ether oxygens (including phenoxy) is 2. The standard InChI is InChI=1S/C14H16Cl2N2O2/c1-9(15)14-17-13-11(16)3-2-4-12(13)18(14)7-10-8-19-5-6-20-10/h2-4,9-10H,5-8H2,1H3. The Bertz CT molecular complexity index is 606. The van der Waals surface area contributed by atoms with Crippen LogP contribution in [0.25, 0.3) is 11.0 Å². The molecular weight excluding hydrogens is 299 g/mol. The predicted molar refractivity (Wildman–Crippen MR) is 79.6 cm³/mol. The quantitative estimate of drug-likeness (QED) is 0.815. The Morgan fingerprint density at radius 3 is 3.00 bits per heavy atom. The fourth-order valence-corrected chi connectivity index (χ4v) is 2.85. The van der Waals surface area contributed by atoms with Crippen LogP contribution in [0.5, 0.6) is 0 Å². The molecule has 6 heteroatoms. The number of hydrogen-bond donors (Lipinski definition) is 0. The lowest BCUT2D eigenvalue weighted by Crippen LogP contribution is -2.32. The molecule has 1 aromatic heterocycles. The normalized spacial score (nSPS) is 21.2.